The van der Waals surface area contributed by atoms with E-state index in [1.807, 2.05) is 60.8 Å². The van der Waals surface area contributed by atoms with Gasteiger partial charge in [-0.1, -0.05) is 48.5 Å². The molecule has 1 aromatic heterocycles. The largest absolute Gasteiger partial charge is 0.503 e. The number of carbonyl (C=O) groups is 2. The Hall–Kier alpha value is -3.34. The average Bonchev–Trinajstić information content (AvgIpc) is 3.20. The van der Waals surface area contributed by atoms with E-state index >= 15 is 0 Å². The van der Waals surface area contributed by atoms with E-state index in [-0.39, 0.29) is 11.4 Å². The minimum atomic E-state index is -0.554. The van der Waals surface area contributed by atoms with Gasteiger partial charge in [-0.25, -0.2) is 0 Å². The number of ketones is 1. The number of amides is 1. The first-order valence-electron chi connectivity index (χ1n) is 8.93. The van der Waals surface area contributed by atoms with Gasteiger partial charge >= 0.3 is 0 Å². The van der Waals surface area contributed by atoms with Gasteiger partial charge in [-0.05, 0) is 30.5 Å². The highest BCUT2D eigenvalue weighted by molar-refractivity contribution is 6.08. The maximum atomic E-state index is 12.7. The molecule has 1 aliphatic heterocycles. The van der Waals surface area contributed by atoms with E-state index in [1.165, 1.54) is 6.92 Å². The van der Waals surface area contributed by atoms with Crippen LogP contribution in [-0.4, -0.2) is 33.2 Å². The van der Waals surface area contributed by atoms with Crippen LogP contribution in [0.1, 0.15) is 24.1 Å². The summed E-state index contributed by atoms with van der Waals surface area (Å²) < 4.78 is 0. The predicted molar refractivity (Wildman–Crippen MR) is 103 cm³/mol. The van der Waals surface area contributed by atoms with E-state index in [1.54, 1.807) is 4.90 Å². The van der Waals surface area contributed by atoms with Crippen LogP contribution >= 0.6 is 0 Å². The number of nitrogens with one attached hydrogen (secondary N) is 1. The van der Waals surface area contributed by atoms with Gasteiger partial charge in [-0.3, -0.25) is 9.59 Å². The minimum Gasteiger partial charge on any atom is -0.503 e. The second-order valence-electron chi connectivity index (χ2n) is 6.74. The molecule has 3 aromatic rings. The van der Waals surface area contributed by atoms with E-state index in [2.05, 4.69) is 4.98 Å². The van der Waals surface area contributed by atoms with Gasteiger partial charge in [-0.15, -0.1) is 0 Å². The van der Waals surface area contributed by atoms with Crippen LogP contribution in [0, 0.1) is 0 Å². The SMILES string of the molecule is CC(=O)C1=C(O)C(=O)N(CCc2c[nH]c3ccccc23)C1c1ccccc1. The summed E-state index contributed by atoms with van der Waals surface area (Å²) in [5, 5.41) is 11.4. The van der Waals surface area contributed by atoms with Crippen LogP contribution in [0.5, 0.6) is 0 Å². The molecule has 5 nitrogen and oxygen atoms in total. The molecule has 1 aliphatic rings. The first kappa shape index (κ1) is 17.1. The van der Waals surface area contributed by atoms with Crippen molar-refractivity contribution in [2.45, 2.75) is 19.4 Å². The number of hydrogen-bond acceptors (Lipinski definition) is 3. The maximum Gasteiger partial charge on any atom is 0.290 e. The zero-order valence-electron chi connectivity index (χ0n) is 15.0. The van der Waals surface area contributed by atoms with E-state index in [0.29, 0.717) is 13.0 Å². The molecule has 4 rings (SSSR count). The number of aliphatic hydroxyl groups excluding tert-OH is 1. The van der Waals surface area contributed by atoms with E-state index in [9.17, 15) is 14.7 Å². The lowest BCUT2D eigenvalue weighted by molar-refractivity contribution is -0.129. The molecule has 27 heavy (non-hydrogen) atoms. The number of rotatable bonds is 5. The standard InChI is InChI=1S/C22H20N2O3/c1-14(25)19-20(15-7-3-2-4-8-15)24(22(27)21(19)26)12-11-16-13-23-18-10-6-5-9-17(16)18/h2-10,13,20,23,26H,11-12H2,1H3. The number of benzene rings is 2. The lowest BCUT2D eigenvalue weighted by atomic mass is 9.96. The molecule has 0 saturated heterocycles. The summed E-state index contributed by atoms with van der Waals surface area (Å²) in [7, 11) is 0. The lowest BCUT2D eigenvalue weighted by Gasteiger charge is -2.26. The summed E-state index contributed by atoms with van der Waals surface area (Å²) in [6, 6.07) is 16.8. The molecule has 1 amide bonds. The second kappa shape index (κ2) is 6.76. The lowest BCUT2D eigenvalue weighted by Crippen LogP contribution is -2.32. The molecule has 2 N–H and O–H groups in total. The highest BCUT2D eigenvalue weighted by atomic mass is 16.3. The number of carbonyl (C=O) groups excluding carboxylic acids is 2. The van der Waals surface area contributed by atoms with Gasteiger partial charge in [0.25, 0.3) is 5.91 Å². The summed E-state index contributed by atoms with van der Waals surface area (Å²) in [4.78, 5) is 29.6. The molecule has 0 radical (unpaired) electrons. The molecule has 2 heterocycles. The van der Waals surface area contributed by atoms with Gasteiger partial charge in [0, 0.05) is 23.6 Å². The van der Waals surface area contributed by atoms with Gasteiger partial charge in [-0.2, -0.15) is 0 Å². The van der Waals surface area contributed by atoms with Crippen LogP contribution in [0.3, 0.4) is 0 Å². The second-order valence-corrected chi connectivity index (χ2v) is 6.74. The number of H-pyrrole nitrogens is 1. The summed E-state index contributed by atoms with van der Waals surface area (Å²) in [5.41, 5.74) is 3.13. The highest BCUT2D eigenvalue weighted by Crippen LogP contribution is 2.37. The summed E-state index contributed by atoms with van der Waals surface area (Å²) in [6.07, 6.45) is 2.57. The first-order valence-corrected chi connectivity index (χ1v) is 8.93. The Kier molecular flexibility index (Phi) is 4.28. The quantitative estimate of drug-likeness (QED) is 0.729. The van der Waals surface area contributed by atoms with Gasteiger partial charge in [0.2, 0.25) is 0 Å². The molecule has 0 bridgehead atoms. The maximum absolute atomic E-state index is 12.7. The van der Waals surface area contributed by atoms with E-state index in [4.69, 9.17) is 0 Å². The summed E-state index contributed by atoms with van der Waals surface area (Å²) >= 11 is 0. The molecular formula is C22H20N2O3. The number of hydrogen-bond donors (Lipinski definition) is 2. The third-order valence-electron chi connectivity index (χ3n) is 5.10. The normalized spacial score (nSPS) is 17.1. The Morgan fingerprint density at radius 2 is 1.81 bits per heavy atom. The van der Waals surface area contributed by atoms with Crippen molar-refractivity contribution in [1.29, 1.82) is 0 Å². The first-order chi connectivity index (χ1) is 13.1. The number of Topliss-reactive ketones (excluding diaryl/α,β-unsaturated/α-hetero) is 1. The number of aromatic nitrogens is 1. The monoisotopic (exact) mass is 360 g/mol. The molecular weight excluding hydrogens is 340 g/mol. The van der Waals surface area contributed by atoms with Crippen LogP contribution in [0.4, 0.5) is 0 Å². The van der Waals surface area contributed by atoms with Crippen LogP contribution in [0.25, 0.3) is 10.9 Å². The third-order valence-corrected chi connectivity index (χ3v) is 5.10. The Balaban J connectivity index is 1.66. The van der Waals surface area contributed by atoms with Crippen LogP contribution in [0.2, 0.25) is 0 Å². The predicted octanol–water partition coefficient (Wildman–Crippen LogP) is 3.70. The summed E-state index contributed by atoms with van der Waals surface area (Å²) in [5.74, 6) is -1.21. The highest BCUT2D eigenvalue weighted by Gasteiger charge is 2.41. The smallest absolute Gasteiger partial charge is 0.290 e. The molecule has 0 spiro atoms. The van der Waals surface area contributed by atoms with Crippen molar-refractivity contribution in [3.63, 3.8) is 0 Å². The zero-order chi connectivity index (χ0) is 19.0. The summed E-state index contributed by atoms with van der Waals surface area (Å²) in [6.45, 7) is 1.79. The fourth-order valence-electron chi connectivity index (χ4n) is 3.81. The van der Waals surface area contributed by atoms with Gasteiger partial charge in [0.1, 0.15) is 0 Å². The minimum absolute atomic E-state index is 0.171. The van der Waals surface area contributed by atoms with E-state index in [0.717, 1.165) is 22.0 Å². The van der Waals surface area contributed by atoms with Crippen molar-refractivity contribution in [3.8, 4) is 0 Å². The van der Waals surface area contributed by atoms with Crippen molar-refractivity contribution < 1.29 is 14.7 Å². The van der Waals surface area contributed by atoms with Crippen LogP contribution in [-0.2, 0) is 16.0 Å². The molecule has 136 valence electrons. The van der Waals surface area contributed by atoms with Crippen molar-refractivity contribution in [2.24, 2.45) is 0 Å². The van der Waals surface area contributed by atoms with Crippen LogP contribution in [0.15, 0.2) is 72.1 Å². The van der Waals surface area contributed by atoms with Crippen molar-refractivity contribution in [3.05, 3.63) is 83.3 Å². The molecule has 2 aromatic carbocycles. The van der Waals surface area contributed by atoms with Crippen molar-refractivity contribution >= 4 is 22.6 Å². The number of fused-ring (bicyclic) bond motifs is 1. The third kappa shape index (κ3) is 2.91. The number of para-hydroxylation sites is 1. The van der Waals surface area contributed by atoms with Crippen molar-refractivity contribution in [2.75, 3.05) is 6.54 Å². The molecule has 0 fully saturated rings. The number of aliphatic hydroxyl groups is 1. The van der Waals surface area contributed by atoms with Crippen molar-refractivity contribution in [1.82, 2.24) is 9.88 Å². The molecule has 0 aliphatic carbocycles. The van der Waals surface area contributed by atoms with Gasteiger partial charge in [0.15, 0.2) is 11.5 Å². The Morgan fingerprint density at radius 3 is 2.56 bits per heavy atom. The fourth-order valence-corrected chi connectivity index (χ4v) is 3.81. The average molecular weight is 360 g/mol. The molecule has 1 unspecified atom stereocenters. The van der Waals surface area contributed by atoms with E-state index < -0.39 is 17.7 Å². The van der Waals surface area contributed by atoms with Gasteiger partial charge in [0.05, 0.1) is 11.6 Å². The zero-order valence-corrected chi connectivity index (χ0v) is 15.0. The fraction of sp³-hybridized carbons (Fsp3) is 0.182. The van der Waals surface area contributed by atoms with Crippen LogP contribution < -0.4 is 0 Å². The molecule has 1 atom stereocenters. The topological polar surface area (TPSA) is 73.4 Å². The number of nitrogens with zero attached hydrogens (tertiary/aromatic N) is 1. The molecule has 0 saturated carbocycles. The molecule has 5 heteroatoms. The Bertz CT molecular complexity index is 1050. The Morgan fingerprint density at radius 1 is 1.11 bits per heavy atom. The number of aromatic amines is 1. The van der Waals surface area contributed by atoms with Gasteiger partial charge < -0.3 is 15.0 Å². The Labute approximate surface area is 156 Å².